The summed E-state index contributed by atoms with van der Waals surface area (Å²) < 4.78 is 90.9. The zero-order chi connectivity index (χ0) is 26.4. The van der Waals surface area contributed by atoms with E-state index in [1.807, 2.05) is 0 Å². The molecule has 0 saturated carbocycles. The van der Waals surface area contributed by atoms with Crippen LogP contribution in [0.2, 0.25) is 0 Å². The average molecular weight is 519 g/mol. The van der Waals surface area contributed by atoms with Crippen molar-refractivity contribution in [3.05, 3.63) is 58.7 Å². The molecule has 2 aliphatic rings. The Balaban J connectivity index is 1.42. The third-order valence-electron chi connectivity index (χ3n) is 6.50. The quantitative estimate of drug-likeness (QED) is 0.537. The number of aliphatic hydroxyl groups is 1. The van der Waals surface area contributed by atoms with Crippen molar-refractivity contribution in [2.75, 3.05) is 19.7 Å². The number of halogens is 6. The van der Waals surface area contributed by atoms with Gasteiger partial charge in [-0.2, -0.15) is 26.3 Å². The first kappa shape index (κ1) is 26.1. The standard InChI is InChI=1S/C24H23F6NO5/c1-12(22(33)34)21(32)13-2-5-18-19(7-13)36-20(11-35-18)15-9-31(10-15)8-14-6-16(23(25,26)27)3-4-17(14)24(28,29)30/h2-7,12,15,20-21,32H,8-11H2,1H3,(H,33,34)/t12-,20?,21+/m0/s1. The number of carbonyl (C=O) groups is 1. The third-order valence-corrected chi connectivity index (χ3v) is 6.50. The van der Waals surface area contributed by atoms with Crippen LogP contribution in [-0.2, 0) is 23.7 Å². The molecule has 36 heavy (non-hydrogen) atoms. The molecule has 1 unspecified atom stereocenters. The smallest absolute Gasteiger partial charge is 0.416 e. The van der Waals surface area contributed by atoms with Crippen LogP contribution in [0.3, 0.4) is 0 Å². The minimum Gasteiger partial charge on any atom is -0.486 e. The minimum absolute atomic E-state index is 0.148. The van der Waals surface area contributed by atoms with Crippen LogP contribution in [0.1, 0.15) is 35.3 Å². The molecule has 6 nitrogen and oxygen atoms in total. The highest BCUT2D eigenvalue weighted by Gasteiger charge is 2.41. The lowest BCUT2D eigenvalue weighted by molar-refractivity contribution is -0.145. The van der Waals surface area contributed by atoms with Gasteiger partial charge in [-0.05, 0) is 48.4 Å². The second kappa shape index (κ2) is 9.47. The van der Waals surface area contributed by atoms with Gasteiger partial charge in [0.25, 0.3) is 0 Å². The number of ether oxygens (including phenoxy) is 2. The van der Waals surface area contributed by atoms with Crippen LogP contribution in [0.15, 0.2) is 36.4 Å². The van der Waals surface area contributed by atoms with Gasteiger partial charge in [-0.25, -0.2) is 0 Å². The normalized spacial score (nSPS) is 20.5. The summed E-state index contributed by atoms with van der Waals surface area (Å²) in [5.74, 6) is -1.67. The highest BCUT2D eigenvalue weighted by Crippen LogP contribution is 2.40. The Bertz CT molecular complexity index is 1130. The molecular weight excluding hydrogens is 496 g/mol. The lowest BCUT2D eigenvalue weighted by atomic mass is 9.91. The molecule has 0 bridgehead atoms. The van der Waals surface area contributed by atoms with Gasteiger partial charge in [0.2, 0.25) is 0 Å². The first-order chi connectivity index (χ1) is 16.7. The number of hydrogen-bond acceptors (Lipinski definition) is 5. The highest BCUT2D eigenvalue weighted by atomic mass is 19.4. The predicted octanol–water partition coefficient (Wildman–Crippen LogP) is 4.75. The number of aliphatic hydroxyl groups excluding tert-OH is 1. The summed E-state index contributed by atoms with van der Waals surface area (Å²) in [4.78, 5) is 12.8. The van der Waals surface area contributed by atoms with E-state index < -0.39 is 53.1 Å². The van der Waals surface area contributed by atoms with Crippen LogP contribution in [0, 0.1) is 11.8 Å². The largest absolute Gasteiger partial charge is 0.486 e. The van der Waals surface area contributed by atoms with E-state index in [0.717, 1.165) is 0 Å². The number of hydrogen-bond donors (Lipinski definition) is 2. The molecule has 1 saturated heterocycles. The summed E-state index contributed by atoms with van der Waals surface area (Å²) in [6.07, 6.45) is -11.3. The molecule has 2 heterocycles. The highest BCUT2D eigenvalue weighted by molar-refractivity contribution is 5.70. The summed E-state index contributed by atoms with van der Waals surface area (Å²) >= 11 is 0. The molecule has 2 N–H and O–H groups in total. The summed E-state index contributed by atoms with van der Waals surface area (Å²) in [7, 11) is 0. The fourth-order valence-electron chi connectivity index (χ4n) is 4.34. The number of fused-ring (bicyclic) bond motifs is 1. The van der Waals surface area contributed by atoms with E-state index in [1.54, 1.807) is 11.0 Å². The Morgan fingerprint density at radius 2 is 1.75 bits per heavy atom. The monoisotopic (exact) mass is 519 g/mol. The van der Waals surface area contributed by atoms with Crippen LogP contribution in [0.25, 0.3) is 0 Å². The number of carboxylic acids is 1. The SMILES string of the molecule is C[C@H](C(=O)O)[C@@H](O)c1ccc2c(c1)OC(C1CN(Cc3cc(C(F)(F)F)ccc3C(F)(F)F)C1)CO2. The number of likely N-dealkylation sites (tertiary alicyclic amines) is 1. The van der Waals surface area contributed by atoms with Gasteiger partial charge < -0.3 is 19.7 Å². The summed E-state index contributed by atoms with van der Waals surface area (Å²) in [6.45, 7) is 1.80. The Morgan fingerprint density at radius 3 is 2.36 bits per heavy atom. The molecule has 12 heteroatoms. The van der Waals surface area contributed by atoms with Crippen LogP contribution >= 0.6 is 0 Å². The molecule has 2 aliphatic heterocycles. The van der Waals surface area contributed by atoms with Gasteiger partial charge in [-0.3, -0.25) is 9.69 Å². The van der Waals surface area contributed by atoms with Gasteiger partial charge >= 0.3 is 18.3 Å². The first-order valence-corrected chi connectivity index (χ1v) is 11.1. The van der Waals surface area contributed by atoms with E-state index in [4.69, 9.17) is 14.6 Å². The fourth-order valence-corrected chi connectivity index (χ4v) is 4.34. The van der Waals surface area contributed by atoms with Crippen molar-refractivity contribution in [2.45, 2.75) is 38.0 Å². The van der Waals surface area contributed by atoms with Crippen LogP contribution in [0.4, 0.5) is 26.3 Å². The molecule has 196 valence electrons. The van der Waals surface area contributed by atoms with Gasteiger partial charge in [0, 0.05) is 25.6 Å². The van der Waals surface area contributed by atoms with Gasteiger partial charge in [-0.1, -0.05) is 6.07 Å². The number of aliphatic carboxylic acids is 1. The van der Waals surface area contributed by atoms with Crippen LogP contribution in [0.5, 0.6) is 11.5 Å². The molecule has 2 aromatic carbocycles. The Hall–Kier alpha value is -2.99. The van der Waals surface area contributed by atoms with E-state index in [2.05, 4.69) is 0 Å². The van der Waals surface area contributed by atoms with Crippen LogP contribution in [-0.4, -0.2) is 46.9 Å². The summed E-state index contributed by atoms with van der Waals surface area (Å²) in [5.41, 5.74) is -2.37. The average Bonchev–Trinajstić information content (AvgIpc) is 2.78. The topological polar surface area (TPSA) is 79.2 Å². The van der Waals surface area contributed by atoms with Crippen molar-refractivity contribution in [1.29, 1.82) is 0 Å². The molecule has 0 amide bonds. The minimum atomic E-state index is -4.78. The van der Waals surface area contributed by atoms with Gasteiger partial charge in [0.15, 0.2) is 11.5 Å². The van der Waals surface area contributed by atoms with Crippen molar-refractivity contribution in [1.82, 2.24) is 4.90 Å². The number of benzene rings is 2. The van der Waals surface area contributed by atoms with Crippen molar-refractivity contribution < 1.29 is 50.8 Å². The molecule has 4 rings (SSSR count). The van der Waals surface area contributed by atoms with Crippen molar-refractivity contribution in [3.63, 3.8) is 0 Å². The van der Waals surface area contributed by atoms with Crippen LogP contribution < -0.4 is 9.47 Å². The number of alkyl halides is 6. The molecule has 0 aromatic heterocycles. The molecule has 0 aliphatic carbocycles. The lowest BCUT2D eigenvalue weighted by Crippen LogP contribution is -2.55. The van der Waals surface area contributed by atoms with Crippen molar-refractivity contribution >= 4 is 5.97 Å². The first-order valence-electron chi connectivity index (χ1n) is 11.1. The Morgan fingerprint density at radius 1 is 1.06 bits per heavy atom. The summed E-state index contributed by atoms with van der Waals surface area (Å²) in [5, 5.41) is 19.4. The lowest BCUT2D eigenvalue weighted by Gasteiger charge is -2.44. The number of carboxylic acid groups (broad SMARTS) is 1. The number of nitrogens with zero attached hydrogens (tertiary/aromatic N) is 1. The van der Waals surface area contributed by atoms with Crippen molar-refractivity contribution in [2.24, 2.45) is 11.8 Å². The van der Waals surface area contributed by atoms with E-state index in [9.17, 15) is 36.2 Å². The van der Waals surface area contributed by atoms with E-state index in [0.29, 0.717) is 35.3 Å². The van der Waals surface area contributed by atoms with E-state index in [1.165, 1.54) is 19.1 Å². The number of rotatable bonds is 6. The van der Waals surface area contributed by atoms with Gasteiger partial charge in [0.05, 0.1) is 23.1 Å². The second-order valence-corrected chi connectivity index (χ2v) is 9.07. The molecule has 2 aromatic rings. The van der Waals surface area contributed by atoms with Gasteiger partial charge in [0.1, 0.15) is 12.7 Å². The Kier molecular flexibility index (Phi) is 6.86. The zero-order valence-corrected chi connectivity index (χ0v) is 18.9. The molecular formula is C24H23F6NO5. The van der Waals surface area contributed by atoms with E-state index in [-0.39, 0.29) is 32.2 Å². The Labute approximate surface area is 202 Å². The van der Waals surface area contributed by atoms with Gasteiger partial charge in [-0.15, -0.1) is 0 Å². The second-order valence-electron chi connectivity index (χ2n) is 9.07. The maximum Gasteiger partial charge on any atom is 0.416 e. The maximum absolute atomic E-state index is 13.4. The molecule has 0 spiro atoms. The zero-order valence-electron chi connectivity index (χ0n) is 18.9. The van der Waals surface area contributed by atoms with Crippen molar-refractivity contribution in [3.8, 4) is 11.5 Å². The maximum atomic E-state index is 13.4. The fraction of sp³-hybridized carbons (Fsp3) is 0.458. The van der Waals surface area contributed by atoms with E-state index >= 15 is 0 Å². The summed E-state index contributed by atoms with van der Waals surface area (Å²) in [6, 6.07) is 6.00. The molecule has 1 fully saturated rings. The third kappa shape index (κ3) is 5.39. The molecule has 3 atom stereocenters. The molecule has 0 radical (unpaired) electrons. The predicted molar refractivity (Wildman–Crippen MR) is 113 cm³/mol.